The summed E-state index contributed by atoms with van der Waals surface area (Å²) >= 11 is 7.30. The SMILES string of the molecule is CC(C(=O)O)N(C)C(=O)CSCc1cccc(Cl)c1. The second-order valence-electron chi connectivity index (χ2n) is 4.14. The van der Waals surface area contributed by atoms with Gasteiger partial charge < -0.3 is 10.0 Å². The van der Waals surface area contributed by atoms with Crippen molar-refractivity contribution in [3.8, 4) is 0 Å². The van der Waals surface area contributed by atoms with Gasteiger partial charge in [-0.1, -0.05) is 23.7 Å². The van der Waals surface area contributed by atoms with E-state index in [1.165, 1.54) is 30.6 Å². The summed E-state index contributed by atoms with van der Waals surface area (Å²) in [6.45, 7) is 1.49. The fourth-order valence-corrected chi connectivity index (χ4v) is 2.47. The molecule has 0 saturated heterocycles. The standard InChI is InChI=1S/C13H16ClNO3S/c1-9(13(17)18)15(2)12(16)8-19-7-10-4-3-5-11(14)6-10/h3-6,9H,7-8H2,1-2H3,(H,17,18). The number of benzene rings is 1. The molecule has 1 aromatic rings. The van der Waals surface area contributed by atoms with Crippen molar-refractivity contribution >= 4 is 35.2 Å². The van der Waals surface area contributed by atoms with Crippen molar-refractivity contribution in [3.05, 3.63) is 34.9 Å². The van der Waals surface area contributed by atoms with Crippen molar-refractivity contribution in [2.45, 2.75) is 18.7 Å². The van der Waals surface area contributed by atoms with E-state index in [1.807, 2.05) is 18.2 Å². The molecule has 1 atom stereocenters. The van der Waals surface area contributed by atoms with Gasteiger partial charge in [0.1, 0.15) is 6.04 Å². The average molecular weight is 302 g/mol. The van der Waals surface area contributed by atoms with E-state index >= 15 is 0 Å². The van der Waals surface area contributed by atoms with E-state index in [-0.39, 0.29) is 11.7 Å². The number of carbonyl (C=O) groups excluding carboxylic acids is 1. The zero-order valence-electron chi connectivity index (χ0n) is 10.8. The third kappa shape index (κ3) is 5.12. The van der Waals surface area contributed by atoms with Crippen molar-refractivity contribution in [3.63, 3.8) is 0 Å². The molecule has 4 nitrogen and oxygen atoms in total. The zero-order valence-corrected chi connectivity index (χ0v) is 12.4. The van der Waals surface area contributed by atoms with Gasteiger partial charge in [0, 0.05) is 17.8 Å². The first-order chi connectivity index (χ1) is 8.91. The molecule has 0 saturated carbocycles. The third-order valence-electron chi connectivity index (χ3n) is 2.72. The van der Waals surface area contributed by atoms with Crippen LogP contribution in [0.15, 0.2) is 24.3 Å². The number of likely N-dealkylation sites (N-methyl/N-ethyl adjacent to an activating group) is 1. The molecular weight excluding hydrogens is 286 g/mol. The maximum atomic E-state index is 11.8. The lowest BCUT2D eigenvalue weighted by Gasteiger charge is -2.21. The number of rotatable bonds is 6. The van der Waals surface area contributed by atoms with Gasteiger partial charge >= 0.3 is 5.97 Å². The lowest BCUT2D eigenvalue weighted by Crippen LogP contribution is -2.41. The Morgan fingerprint density at radius 1 is 1.47 bits per heavy atom. The minimum atomic E-state index is -1.00. The van der Waals surface area contributed by atoms with E-state index in [2.05, 4.69) is 0 Å². The Morgan fingerprint density at radius 3 is 2.74 bits per heavy atom. The molecule has 0 aromatic heterocycles. The van der Waals surface area contributed by atoms with Gasteiger partial charge in [0.25, 0.3) is 0 Å². The van der Waals surface area contributed by atoms with Gasteiger partial charge in [-0.3, -0.25) is 4.79 Å². The highest BCUT2D eigenvalue weighted by atomic mass is 35.5. The van der Waals surface area contributed by atoms with E-state index in [0.717, 1.165) is 5.56 Å². The van der Waals surface area contributed by atoms with E-state index in [0.29, 0.717) is 10.8 Å². The molecule has 1 rings (SSSR count). The lowest BCUT2D eigenvalue weighted by molar-refractivity contribution is -0.147. The molecule has 0 radical (unpaired) electrons. The van der Waals surface area contributed by atoms with Crippen molar-refractivity contribution in [1.29, 1.82) is 0 Å². The van der Waals surface area contributed by atoms with Crippen molar-refractivity contribution in [2.24, 2.45) is 0 Å². The van der Waals surface area contributed by atoms with Crippen LogP contribution < -0.4 is 0 Å². The third-order valence-corrected chi connectivity index (χ3v) is 3.94. The minimum Gasteiger partial charge on any atom is -0.480 e. The van der Waals surface area contributed by atoms with Gasteiger partial charge in [0.2, 0.25) is 5.91 Å². The van der Waals surface area contributed by atoms with Crippen LogP contribution in [0.25, 0.3) is 0 Å². The molecule has 0 spiro atoms. The van der Waals surface area contributed by atoms with E-state index in [1.54, 1.807) is 6.07 Å². The smallest absolute Gasteiger partial charge is 0.326 e. The molecule has 0 heterocycles. The van der Waals surface area contributed by atoms with Crippen LogP contribution in [0, 0.1) is 0 Å². The molecule has 0 aliphatic carbocycles. The number of halogens is 1. The molecule has 0 aliphatic rings. The van der Waals surface area contributed by atoms with E-state index < -0.39 is 12.0 Å². The Morgan fingerprint density at radius 2 is 2.16 bits per heavy atom. The first kappa shape index (κ1) is 15.9. The molecule has 1 amide bonds. The Labute approximate surface area is 121 Å². The highest BCUT2D eigenvalue weighted by Crippen LogP contribution is 2.17. The normalized spacial score (nSPS) is 11.9. The number of carboxylic acids is 1. The van der Waals surface area contributed by atoms with Crippen LogP contribution in [0.1, 0.15) is 12.5 Å². The van der Waals surface area contributed by atoms with Crippen molar-refractivity contribution in [2.75, 3.05) is 12.8 Å². The summed E-state index contributed by atoms with van der Waals surface area (Å²) in [4.78, 5) is 23.8. The molecule has 1 N–H and O–H groups in total. The Balaban J connectivity index is 2.41. The van der Waals surface area contributed by atoms with Crippen molar-refractivity contribution in [1.82, 2.24) is 4.90 Å². The Bertz CT molecular complexity index is 467. The number of aliphatic carboxylic acids is 1. The fraction of sp³-hybridized carbons (Fsp3) is 0.385. The molecule has 19 heavy (non-hydrogen) atoms. The van der Waals surface area contributed by atoms with E-state index in [4.69, 9.17) is 16.7 Å². The van der Waals surface area contributed by atoms with Crippen molar-refractivity contribution < 1.29 is 14.7 Å². The number of amides is 1. The van der Waals surface area contributed by atoms with Crippen LogP contribution in [-0.4, -0.2) is 40.7 Å². The molecule has 0 aliphatic heterocycles. The van der Waals surface area contributed by atoms with Gasteiger partial charge in [0.05, 0.1) is 5.75 Å². The highest BCUT2D eigenvalue weighted by molar-refractivity contribution is 7.99. The van der Waals surface area contributed by atoms with Gasteiger partial charge in [-0.2, -0.15) is 0 Å². The number of hydrogen-bond donors (Lipinski definition) is 1. The second-order valence-corrected chi connectivity index (χ2v) is 5.56. The summed E-state index contributed by atoms with van der Waals surface area (Å²) < 4.78 is 0. The second kappa shape index (κ2) is 7.40. The molecule has 1 aromatic carbocycles. The maximum Gasteiger partial charge on any atom is 0.326 e. The first-order valence-corrected chi connectivity index (χ1v) is 7.25. The van der Waals surface area contributed by atoms with Crippen LogP contribution >= 0.6 is 23.4 Å². The number of carboxylic acid groups (broad SMARTS) is 1. The van der Waals surface area contributed by atoms with Crippen LogP contribution in [0.4, 0.5) is 0 Å². The molecule has 6 heteroatoms. The largest absolute Gasteiger partial charge is 0.480 e. The summed E-state index contributed by atoms with van der Waals surface area (Å²) in [6.07, 6.45) is 0. The summed E-state index contributed by atoms with van der Waals surface area (Å²) in [6, 6.07) is 6.64. The molecule has 0 bridgehead atoms. The minimum absolute atomic E-state index is 0.193. The molecule has 104 valence electrons. The van der Waals surface area contributed by atoms with Gasteiger partial charge in [-0.25, -0.2) is 4.79 Å². The van der Waals surface area contributed by atoms with Gasteiger partial charge in [-0.05, 0) is 24.6 Å². The topological polar surface area (TPSA) is 57.6 Å². The quantitative estimate of drug-likeness (QED) is 0.877. The van der Waals surface area contributed by atoms with Crippen LogP contribution in [-0.2, 0) is 15.3 Å². The predicted octanol–water partition coefficient (Wildman–Crippen LogP) is 2.50. The highest BCUT2D eigenvalue weighted by Gasteiger charge is 2.21. The molecule has 1 unspecified atom stereocenters. The van der Waals surface area contributed by atoms with Gasteiger partial charge in [-0.15, -0.1) is 11.8 Å². The van der Waals surface area contributed by atoms with E-state index in [9.17, 15) is 9.59 Å². The number of carbonyl (C=O) groups is 2. The summed E-state index contributed by atoms with van der Waals surface area (Å²) in [7, 11) is 1.50. The number of nitrogens with zero attached hydrogens (tertiary/aromatic N) is 1. The zero-order chi connectivity index (χ0) is 14.4. The number of hydrogen-bond acceptors (Lipinski definition) is 3. The number of thioether (sulfide) groups is 1. The Hall–Kier alpha value is -1.20. The maximum absolute atomic E-state index is 11.8. The van der Waals surface area contributed by atoms with Crippen LogP contribution in [0.3, 0.4) is 0 Å². The van der Waals surface area contributed by atoms with Crippen LogP contribution in [0.2, 0.25) is 5.02 Å². The monoisotopic (exact) mass is 301 g/mol. The average Bonchev–Trinajstić information content (AvgIpc) is 2.36. The fourth-order valence-electron chi connectivity index (χ4n) is 1.37. The first-order valence-electron chi connectivity index (χ1n) is 5.72. The molecular formula is C13H16ClNO3S. The predicted molar refractivity (Wildman–Crippen MR) is 77.5 cm³/mol. The summed E-state index contributed by atoms with van der Waals surface area (Å²) in [5, 5.41) is 9.49. The summed E-state index contributed by atoms with van der Waals surface area (Å²) in [5.74, 6) is -0.278. The summed E-state index contributed by atoms with van der Waals surface area (Å²) in [5.41, 5.74) is 1.04. The lowest BCUT2D eigenvalue weighted by atomic mass is 10.2. The van der Waals surface area contributed by atoms with Gasteiger partial charge in [0.15, 0.2) is 0 Å². The molecule has 0 fully saturated rings. The Kier molecular flexibility index (Phi) is 6.18. The van der Waals surface area contributed by atoms with Crippen LogP contribution in [0.5, 0.6) is 0 Å².